The van der Waals surface area contributed by atoms with Gasteiger partial charge in [0.15, 0.2) is 0 Å². The molecule has 3 aromatic carbocycles. The van der Waals surface area contributed by atoms with Gasteiger partial charge < -0.3 is 14.4 Å². The maximum Gasteiger partial charge on any atom is 0.243 e. The van der Waals surface area contributed by atoms with Gasteiger partial charge in [-0.05, 0) is 165 Å². The van der Waals surface area contributed by atoms with Crippen molar-refractivity contribution in [1.82, 2.24) is 32.5 Å². The van der Waals surface area contributed by atoms with E-state index in [1.165, 1.54) is 25.9 Å². The Morgan fingerprint density at radius 2 is 0.880 bits per heavy atom. The fraction of sp³-hybridized carbons (Fsp3) is 0.684. The molecular formula is C57H85N7O8S3. The predicted molar refractivity (Wildman–Crippen MR) is 294 cm³/mol. The number of sulfonamides is 3. The van der Waals surface area contributed by atoms with E-state index in [0.717, 1.165) is 62.1 Å². The van der Waals surface area contributed by atoms with E-state index < -0.39 is 30.1 Å². The molecular weight excluding hydrogens is 1010 g/mol. The second-order valence-electron chi connectivity index (χ2n) is 23.3. The number of fused-ring (bicyclic) bond motifs is 3. The lowest BCUT2D eigenvalue weighted by atomic mass is 9.83. The SMILES string of the molecule is Cc1cc(C)c(S(=O)(=O)N2CCC(N3CCOCC3)CC2)c(CCc2cc(C)cc(CCc3cc(C)cc(C)c3S(=O)(=O)N3CCN(C4CN5CCC4CC5)CC3)c2S(=O)(=O)N2CCC(N3CCC(C)OC3)CC2)c1. The lowest BCUT2D eigenvalue weighted by molar-refractivity contribution is -0.0829. The summed E-state index contributed by atoms with van der Waals surface area (Å²) in [5.74, 6) is 0.685. The molecule has 8 saturated heterocycles. The number of ether oxygens (including phenoxy) is 2. The highest BCUT2D eigenvalue weighted by atomic mass is 32.2. The fourth-order valence-electron chi connectivity index (χ4n) is 14.2. The van der Waals surface area contributed by atoms with Gasteiger partial charge in [-0.1, -0.05) is 53.1 Å². The number of morpholine rings is 1. The first-order valence-corrected chi connectivity index (χ1v) is 32.7. The smallest absolute Gasteiger partial charge is 0.243 e. The molecule has 2 atom stereocenters. The zero-order chi connectivity index (χ0) is 52.8. The number of aryl methyl sites for hydroxylation is 9. The van der Waals surface area contributed by atoms with Crippen LogP contribution in [0.5, 0.6) is 0 Å². The average Bonchev–Trinajstić information content (AvgIpc) is 3.40. The van der Waals surface area contributed by atoms with Crippen LogP contribution < -0.4 is 0 Å². The summed E-state index contributed by atoms with van der Waals surface area (Å²) in [5, 5.41) is 0. The molecule has 8 aliphatic rings. The summed E-state index contributed by atoms with van der Waals surface area (Å²) >= 11 is 0. The van der Waals surface area contributed by atoms with Gasteiger partial charge in [0, 0.05) is 96.7 Å². The maximum atomic E-state index is 15.6. The molecule has 18 heteroatoms. The van der Waals surface area contributed by atoms with Crippen LogP contribution in [-0.2, 0) is 65.2 Å². The molecule has 0 radical (unpaired) electrons. The molecule has 2 unspecified atom stereocenters. The first kappa shape index (κ1) is 55.5. The van der Waals surface area contributed by atoms with Crippen molar-refractivity contribution in [2.24, 2.45) is 5.92 Å². The van der Waals surface area contributed by atoms with E-state index in [0.29, 0.717) is 172 Å². The van der Waals surface area contributed by atoms with Crippen LogP contribution in [-0.4, -0.2) is 194 Å². The van der Waals surface area contributed by atoms with Gasteiger partial charge in [0.05, 0.1) is 40.7 Å². The number of piperazine rings is 1. The zero-order valence-corrected chi connectivity index (χ0v) is 48.2. The summed E-state index contributed by atoms with van der Waals surface area (Å²) in [7, 11) is -11.8. The highest BCUT2D eigenvalue weighted by Gasteiger charge is 2.42. The van der Waals surface area contributed by atoms with Crippen molar-refractivity contribution >= 4 is 30.1 Å². The summed E-state index contributed by atoms with van der Waals surface area (Å²) in [5.41, 5.74) is 6.95. The minimum atomic E-state index is -4.08. The first-order chi connectivity index (χ1) is 35.9. The lowest BCUT2D eigenvalue weighted by Crippen LogP contribution is -2.61. The largest absolute Gasteiger partial charge is 0.379 e. The first-order valence-electron chi connectivity index (χ1n) is 28.3. The molecule has 414 valence electrons. The van der Waals surface area contributed by atoms with Gasteiger partial charge in [-0.3, -0.25) is 14.7 Å². The molecule has 15 nitrogen and oxygen atoms in total. The molecule has 0 aromatic heterocycles. The van der Waals surface area contributed by atoms with Gasteiger partial charge in [0.25, 0.3) is 0 Å². The minimum Gasteiger partial charge on any atom is -0.379 e. The van der Waals surface area contributed by atoms with E-state index >= 15 is 8.42 Å². The summed E-state index contributed by atoms with van der Waals surface area (Å²) in [4.78, 5) is 10.8. The molecule has 75 heavy (non-hydrogen) atoms. The Morgan fingerprint density at radius 1 is 0.453 bits per heavy atom. The molecule has 8 heterocycles. The third-order valence-corrected chi connectivity index (χ3v) is 24.5. The van der Waals surface area contributed by atoms with Crippen molar-refractivity contribution in [3.8, 4) is 0 Å². The average molecular weight is 1090 g/mol. The highest BCUT2D eigenvalue weighted by molar-refractivity contribution is 7.89. The summed E-state index contributed by atoms with van der Waals surface area (Å²) < 4.78 is 107. The second kappa shape index (κ2) is 23.1. The Bertz CT molecular complexity index is 2860. The Morgan fingerprint density at radius 3 is 1.32 bits per heavy atom. The van der Waals surface area contributed by atoms with Crippen LogP contribution in [0.25, 0.3) is 0 Å². The number of rotatable bonds is 15. The highest BCUT2D eigenvalue weighted by Crippen LogP contribution is 2.37. The molecule has 0 spiro atoms. The van der Waals surface area contributed by atoms with Crippen molar-refractivity contribution in [2.45, 2.75) is 151 Å². The molecule has 0 amide bonds. The molecule has 0 saturated carbocycles. The normalized spacial score (nSPS) is 26.3. The number of benzene rings is 3. The molecule has 8 fully saturated rings. The molecule has 0 N–H and O–H groups in total. The number of hydrogen-bond acceptors (Lipinski definition) is 12. The molecule has 11 rings (SSSR count). The zero-order valence-electron chi connectivity index (χ0n) is 45.8. The van der Waals surface area contributed by atoms with E-state index in [1.807, 2.05) is 71.0 Å². The van der Waals surface area contributed by atoms with Crippen molar-refractivity contribution in [1.29, 1.82) is 0 Å². The Labute approximate surface area is 450 Å². The van der Waals surface area contributed by atoms with E-state index in [4.69, 9.17) is 9.47 Å². The van der Waals surface area contributed by atoms with Gasteiger partial charge in [-0.15, -0.1) is 0 Å². The third kappa shape index (κ3) is 11.9. The Kier molecular flexibility index (Phi) is 17.1. The lowest BCUT2D eigenvalue weighted by Gasteiger charge is -2.50. The van der Waals surface area contributed by atoms with Crippen molar-refractivity contribution in [3.63, 3.8) is 0 Å². The number of nitrogens with zero attached hydrogens (tertiary/aromatic N) is 7. The van der Waals surface area contributed by atoms with Gasteiger partial charge in [-0.25, -0.2) is 25.3 Å². The van der Waals surface area contributed by atoms with Crippen LogP contribution >= 0.6 is 0 Å². The second-order valence-corrected chi connectivity index (χ2v) is 28.9. The van der Waals surface area contributed by atoms with Crippen LogP contribution in [0.3, 0.4) is 0 Å². The van der Waals surface area contributed by atoms with Gasteiger partial charge >= 0.3 is 0 Å². The van der Waals surface area contributed by atoms with Crippen molar-refractivity contribution in [3.05, 3.63) is 86.5 Å². The van der Waals surface area contributed by atoms with E-state index in [1.54, 1.807) is 12.9 Å². The number of hydrogen-bond donors (Lipinski definition) is 0. The topological polar surface area (TPSA) is 144 Å². The van der Waals surface area contributed by atoms with Crippen molar-refractivity contribution in [2.75, 3.05) is 112 Å². The van der Waals surface area contributed by atoms with E-state index in [-0.39, 0.29) is 17.0 Å². The number of piperidine rings is 5. The Balaban J connectivity index is 0.936. The van der Waals surface area contributed by atoms with E-state index in [9.17, 15) is 16.8 Å². The van der Waals surface area contributed by atoms with Gasteiger partial charge in [0.1, 0.15) is 0 Å². The summed E-state index contributed by atoms with van der Waals surface area (Å²) in [6.07, 6.45) is 7.81. The monoisotopic (exact) mass is 1090 g/mol. The maximum absolute atomic E-state index is 15.6. The van der Waals surface area contributed by atoms with Crippen LogP contribution in [0, 0.1) is 40.5 Å². The van der Waals surface area contributed by atoms with Gasteiger partial charge in [-0.2, -0.15) is 12.9 Å². The standard InChI is InChI=1S/C57H85N7O8S3/c1-41-33-44(4)55(73(65,66)62-21-14-52(15-22-62)59-29-31-71-32-30-59)48(35-41)7-9-50-37-43(3)38-51(57(50)75(69,70)63-23-16-53(17-24-63)61-20-11-46(6)72-40-61)10-8-49-36-42(2)34-45(5)56(49)74(67,68)64-27-25-60(26-28-64)54-39-58-18-12-47(54)13-19-58/h33-38,46-47,52-54H,7-32,39-40H2,1-6H3. The molecule has 3 aromatic rings. The summed E-state index contributed by atoms with van der Waals surface area (Å²) in [6, 6.07) is 12.9. The summed E-state index contributed by atoms with van der Waals surface area (Å²) in [6.45, 7) is 23.9. The third-order valence-electron chi connectivity index (χ3n) is 18.1. The Hall–Kier alpha value is -2.85. The quantitative estimate of drug-likeness (QED) is 0.179. The van der Waals surface area contributed by atoms with Crippen molar-refractivity contribution < 1.29 is 34.7 Å². The van der Waals surface area contributed by atoms with Crippen LogP contribution in [0.1, 0.15) is 102 Å². The predicted octanol–water partition coefficient (Wildman–Crippen LogP) is 5.91. The van der Waals surface area contributed by atoms with Crippen LogP contribution in [0.2, 0.25) is 0 Å². The molecule has 2 bridgehead atoms. The van der Waals surface area contributed by atoms with Crippen LogP contribution in [0.15, 0.2) is 51.1 Å². The van der Waals surface area contributed by atoms with E-state index in [2.05, 4.69) is 26.5 Å². The minimum absolute atomic E-state index is 0.216. The fourth-order valence-corrected chi connectivity index (χ4v) is 19.9. The molecule has 8 aliphatic heterocycles. The van der Waals surface area contributed by atoms with Crippen LogP contribution in [0.4, 0.5) is 0 Å². The van der Waals surface area contributed by atoms with Gasteiger partial charge in [0.2, 0.25) is 30.1 Å². The molecule has 0 aliphatic carbocycles.